The Morgan fingerprint density at radius 1 is 1.05 bits per heavy atom. The average molecular weight is 265 g/mol. The lowest BCUT2D eigenvalue weighted by Gasteiger charge is -2.09. The number of nitrogens with two attached hydrogens (primary N) is 2. The second-order valence-corrected chi connectivity index (χ2v) is 4.54. The Hall–Kier alpha value is -2.52. The molecule has 0 aromatic heterocycles. The van der Waals surface area contributed by atoms with Crippen LogP contribution in [0, 0.1) is 0 Å². The van der Waals surface area contributed by atoms with Crippen molar-refractivity contribution in [1.29, 1.82) is 0 Å². The van der Waals surface area contributed by atoms with Gasteiger partial charge in [-0.2, -0.15) is 0 Å². The second-order valence-electron chi connectivity index (χ2n) is 4.54. The maximum Gasteiger partial charge on any atom is 0.0716 e. The van der Waals surface area contributed by atoms with Gasteiger partial charge in [-0.05, 0) is 35.3 Å². The third-order valence-corrected chi connectivity index (χ3v) is 3.14. The minimum atomic E-state index is 0.595. The first-order valence-corrected chi connectivity index (χ1v) is 6.46. The maximum atomic E-state index is 6.09. The second kappa shape index (κ2) is 6.59. The third-order valence-electron chi connectivity index (χ3n) is 3.14. The van der Waals surface area contributed by atoms with Crippen LogP contribution < -0.4 is 17.0 Å². The first-order chi connectivity index (χ1) is 9.74. The predicted octanol–water partition coefficient (Wildman–Crippen LogP) is 2.55. The van der Waals surface area contributed by atoms with E-state index in [1.807, 2.05) is 30.3 Å². The molecule has 2 aromatic rings. The van der Waals surface area contributed by atoms with Gasteiger partial charge in [-0.3, -0.25) is 5.84 Å². The van der Waals surface area contributed by atoms with Crippen LogP contribution in [0.15, 0.2) is 72.9 Å². The zero-order chi connectivity index (χ0) is 14.4. The minimum absolute atomic E-state index is 0.595. The van der Waals surface area contributed by atoms with Gasteiger partial charge < -0.3 is 11.2 Å². The van der Waals surface area contributed by atoms with Crippen LogP contribution in [0.2, 0.25) is 0 Å². The number of hydrogen-bond donors (Lipinski definition) is 3. The van der Waals surface area contributed by atoms with E-state index in [-0.39, 0.29) is 0 Å². The number of hydrogen-bond acceptors (Lipinski definition) is 3. The van der Waals surface area contributed by atoms with Crippen molar-refractivity contribution in [3.63, 3.8) is 0 Å². The van der Waals surface area contributed by atoms with Crippen LogP contribution in [-0.4, -0.2) is 0 Å². The Morgan fingerprint density at radius 2 is 1.75 bits per heavy atom. The highest BCUT2D eigenvalue weighted by molar-refractivity contribution is 5.68. The molecule has 3 nitrogen and oxygen atoms in total. The Balaban J connectivity index is 2.29. The Bertz CT molecular complexity index is 615. The molecule has 0 aliphatic rings. The number of rotatable bonds is 5. The normalized spacial score (nSPS) is 11.7. The standard InChI is InChI=1S/C17H19N3/c1-2-16(20-19)17(18)15-10-6-9-14(12-15)11-13-7-4-3-5-8-13/h2-10,12,20H,1,11,18-19H2/b17-16-. The van der Waals surface area contributed by atoms with Crippen molar-refractivity contribution in [3.05, 3.63) is 89.6 Å². The van der Waals surface area contributed by atoms with Crippen molar-refractivity contribution in [1.82, 2.24) is 5.43 Å². The molecular formula is C17H19N3. The predicted molar refractivity (Wildman–Crippen MR) is 84.3 cm³/mol. The number of benzene rings is 2. The van der Waals surface area contributed by atoms with Crippen molar-refractivity contribution < 1.29 is 0 Å². The van der Waals surface area contributed by atoms with Crippen LogP contribution in [-0.2, 0) is 6.42 Å². The topological polar surface area (TPSA) is 64.1 Å². The molecule has 0 aliphatic carbocycles. The number of allylic oxidation sites excluding steroid dienone is 1. The molecule has 0 amide bonds. The highest BCUT2D eigenvalue weighted by Crippen LogP contribution is 2.16. The minimum Gasteiger partial charge on any atom is -0.397 e. The van der Waals surface area contributed by atoms with E-state index in [4.69, 9.17) is 11.6 Å². The molecule has 0 unspecified atom stereocenters. The molecule has 0 spiro atoms. The molecule has 3 heteroatoms. The van der Waals surface area contributed by atoms with Gasteiger partial charge >= 0.3 is 0 Å². The molecule has 0 saturated heterocycles. The molecule has 0 fully saturated rings. The summed E-state index contributed by atoms with van der Waals surface area (Å²) < 4.78 is 0. The Labute approximate surface area is 119 Å². The highest BCUT2D eigenvalue weighted by Gasteiger charge is 2.04. The third kappa shape index (κ3) is 3.28. The monoisotopic (exact) mass is 265 g/mol. The van der Waals surface area contributed by atoms with Crippen molar-refractivity contribution in [2.24, 2.45) is 11.6 Å². The van der Waals surface area contributed by atoms with Gasteiger partial charge in [-0.25, -0.2) is 0 Å². The first kappa shape index (κ1) is 13.9. The molecule has 2 aromatic carbocycles. The van der Waals surface area contributed by atoms with E-state index in [0.717, 1.165) is 12.0 Å². The number of nitrogens with one attached hydrogen (secondary N) is 1. The van der Waals surface area contributed by atoms with E-state index in [9.17, 15) is 0 Å². The Morgan fingerprint density at radius 3 is 2.40 bits per heavy atom. The fraction of sp³-hybridized carbons (Fsp3) is 0.0588. The van der Waals surface area contributed by atoms with Crippen LogP contribution in [0.25, 0.3) is 5.70 Å². The van der Waals surface area contributed by atoms with Crippen molar-refractivity contribution >= 4 is 5.70 Å². The van der Waals surface area contributed by atoms with E-state index in [0.29, 0.717) is 11.4 Å². The zero-order valence-corrected chi connectivity index (χ0v) is 11.3. The largest absolute Gasteiger partial charge is 0.397 e. The lowest BCUT2D eigenvalue weighted by atomic mass is 10.0. The molecular weight excluding hydrogens is 246 g/mol. The van der Waals surface area contributed by atoms with Gasteiger partial charge in [-0.1, -0.05) is 55.1 Å². The van der Waals surface area contributed by atoms with Crippen molar-refractivity contribution in [2.75, 3.05) is 0 Å². The van der Waals surface area contributed by atoms with Gasteiger partial charge in [0.25, 0.3) is 0 Å². The lowest BCUT2D eigenvalue weighted by Crippen LogP contribution is -2.23. The quantitative estimate of drug-likeness (QED) is 0.442. The summed E-state index contributed by atoms with van der Waals surface area (Å²) in [5.74, 6) is 5.42. The summed E-state index contributed by atoms with van der Waals surface area (Å²) in [6.45, 7) is 3.69. The van der Waals surface area contributed by atoms with Crippen LogP contribution in [0.4, 0.5) is 0 Å². The van der Waals surface area contributed by atoms with Gasteiger partial charge in [-0.15, -0.1) is 0 Å². The van der Waals surface area contributed by atoms with Crippen molar-refractivity contribution in [3.8, 4) is 0 Å². The molecule has 0 aliphatic heterocycles. The lowest BCUT2D eigenvalue weighted by molar-refractivity contribution is 0.917. The van der Waals surface area contributed by atoms with Crippen molar-refractivity contribution in [2.45, 2.75) is 6.42 Å². The van der Waals surface area contributed by atoms with Crippen LogP contribution in [0.5, 0.6) is 0 Å². The summed E-state index contributed by atoms with van der Waals surface area (Å²) in [5.41, 5.74) is 13.3. The molecule has 20 heavy (non-hydrogen) atoms. The van der Waals surface area contributed by atoms with Crippen LogP contribution in [0.3, 0.4) is 0 Å². The molecule has 0 radical (unpaired) electrons. The Kier molecular flexibility index (Phi) is 4.58. The molecule has 102 valence electrons. The molecule has 0 bridgehead atoms. The summed E-state index contributed by atoms with van der Waals surface area (Å²) in [7, 11) is 0. The highest BCUT2D eigenvalue weighted by atomic mass is 15.2. The van der Waals surface area contributed by atoms with Crippen LogP contribution >= 0.6 is 0 Å². The van der Waals surface area contributed by atoms with Gasteiger partial charge in [0.1, 0.15) is 0 Å². The summed E-state index contributed by atoms with van der Waals surface area (Å²) in [4.78, 5) is 0. The van der Waals surface area contributed by atoms with Gasteiger partial charge in [0.05, 0.1) is 11.4 Å². The number of hydrazine groups is 1. The van der Waals surface area contributed by atoms with Crippen LogP contribution in [0.1, 0.15) is 16.7 Å². The maximum absolute atomic E-state index is 6.09. The molecule has 0 saturated carbocycles. The molecule has 0 heterocycles. The van der Waals surface area contributed by atoms with E-state index >= 15 is 0 Å². The molecule has 0 atom stereocenters. The smallest absolute Gasteiger partial charge is 0.0716 e. The summed E-state index contributed by atoms with van der Waals surface area (Å²) in [6, 6.07) is 18.5. The molecule has 2 rings (SSSR count). The van der Waals surface area contributed by atoms with E-state index < -0.39 is 0 Å². The van der Waals surface area contributed by atoms with Gasteiger partial charge in [0.2, 0.25) is 0 Å². The summed E-state index contributed by atoms with van der Waals surface area (Å²) in [6.07, 6.45) is 2.49. The summed E-state index contributed by atoms with van der Waals surface area (Å²) >= 11 is 0. The van der Waals surface area contributed by atoms with Gasteiger partial charge in [0.15, 0.2) is 0 Å². The molecule has 5 N–H and O–H groups in total. The van der Waals surface area contributed by atoms with E-state index in [1.165, 1.54) is 11.1 Å². The van der Waals surface area contributed by atoms with E-state index in [2.05, 4.69) is 36.3 Å². The zero-order valence-electron chi connectivity index (χ0n) is 11.3. The SMILES string of the molecule is C=C/C(NN)=C(/N)c1cccc(Cc2ccccc2)c1. The summed E-state index contributed by atoms with van der Waals surface area (Å²) in [5, 5.41) is 0. The fourth-order valence-electron chi connectivity index (χ4n) is 2.08. The van der Waals surface area contributed by atoms with Gasteiger partial charge in [0, 0.05) is 0 Å². The fourth-order valence-corrected chi connectivity index (χ4v) is 2.08. The average Bonchev–Trinajstić information content (AvgIpc) is 2.49. The first-order valence-electron chi connectivity index (χ1n) is 6.46. The van der Waals surface area contributed by atoms with E-state index in [1.54, 1.807) is 6.08 Å².